The number of aryl methyl sites for hydroxylation is 1. The molecule has 0 unspecified atom stereocenters. The molecule has 0 fully saturated rings. The summed E-state index contributed by atoms with van der Waals surface area (Å²) in [5.41, 5.74) is 6.15. The molecule has 1 aromatic heterocycles. The van der Waals surface area contributed by atoms with Crippen LogP contribution in [0.25, 0.3) is 0 Å². The Hall–Kier alpha value is -1.63. The number of oxime groups is 1. The number of amidine groups is 1. The highest BCUT2D eigenvalue weighted by Crippen LogP contribution is 2.07. The first kappa shape index (κ1) is 12.4. The third-order valence-corrected chi connectivity index (χ3v) is 2.66. The van der Waals surface area contributed by atoms with Crippen molar-refractivity contribution in [2.75, 3.05) is 6.54 Å². The standard InChI is InChI=1S/C9H14N4O2S/c1-6-12-7(5-16-6)2-3-11-9(14)4-8(10)13-15/h5,15H,2-4H2,1H3,(H2,10,13)(H,11,14). The zero-order chi connectivity index (χ0) is 12.0. The molecular weight excluding hydrogens is 228 g/mol. The van der Waals surface area contributed by atoms with E-state index in [1.54, 1.807) is 11.3 Å². The maximum atomic E-state index is 11.2. The first-order valence-electron chi connectivity index (χ1n) is 4.76. The van der Waals surface area contributed by atoms with Crippen LogP contribution in [0.4, 0.5) is 0 Å². The highest BCUT2D eigenvalue weighted by atomic mass is 32.1. The molecule has 1 heterocycles. The summed E-state index contributed by atoms with van der Waals surface area (Å²) < 4.78 is 0. The topological polar surface area (TPSA) is 101 Å². The highest BCUT2D eigenvalue weighted by molar-refractivity contribution is 7.09. The number of rotatable bonds is 5. The predicted octanol–water partition coefficient (Wildman–Crippen LogP) is 0.247. The summed E-state index contributed by atoms with van der Waals surface area (Å²) in [6, 6.07) is 0. The predicted molar refractivity (Wildman–Crippen MR) is 61.6 cm³/mol. The molecule has 0 spiro atoms. The number of nitrogens with two attached hydrogens (primary N) is 1. The number of nitrogens with zero attached hydrogens (tertiary/aromatic N) is 2. The van der Waals surface area contributed by atoms with Crippen molar-refractivity contribution < 1.29 is 10.0 Å². The van der Waals surface area contributed by atoms with E-state index < -0.39 is 0 Å². The molecule has 6 nitrogen and oxygen atoms in total. The number of nitrogens with one attached hydrogen (secondary N) is 1. The minimum absolute atomic E-state index is 0.0907. The molecule has 16 heavy (non-hydrogen) atoms. The van der Waals surface area contributed by atoms with Gasteiger partial charge in [0.15, 0.2) is 0 Å². The van der Waals surface area contributed by atoms with Crippen LogP contribution in [0.5, 0.6) is 0 Å². The molecule has 1 aromatic rings. The second kappa shape index (κ2) is 6.06. The lowest BCUT2D eigenvalue weighted by Crippen LogP contribution is -2.30. The summed E-state index contributed by atoms with van der Waals surface area (Å²) in [5.74, 6) is -0.357. The smallest absolute Gasteiger partial charge is 0.227 e. The van der Waals surface area contributed by atoms with Crippen molar-refractivity contribution in [3.63, 3.8) is 0 Å². The third-order valence-electron chi connectivity index (χ3n) is 1.84. The van der Waals surface area contributed by atoms with E-state index in [9.17, 15) is 4.79 Å². The van der Waals surface area contributed by atoms with Crippen LogP contribution in [-0.2, 0) is 11.2 Å². The van der Waals surface area contributed by atoms with Crippen molar-refractivity contribution in [2.24, 2.45) is 10.9 Å². The average molecular weight is 242 g/mol. The Morgan fingerprint density at radius 3 is 3.06 bits per heavy atom. The Labute approximate surface area is 97.2 Å². The van der Waals surface area contributed by atoms with Gasteiger partial charge in [0.25, 0.3) is 0 Å². The molecule has 0 radical (unpaired) electrons. The number of aromatic nitrogens is 1. The van der Waals surface area contributed by atoms with Crippen LogP contribution >= 0.6 is 11.3 Å². The Balaban J connectivity index is 2.23. The van der Waals surface area contributed by atoms with Crippen LogP contribution < -0.4 is 11.1 Å². The summed E-state index contributed by atoms with van der Waals surface area (Å²) in [6.45, 7) is 2.44. The van der Waals surface area contributed by atoms with E-state index in [2.05, 4.69) is 15.5 Å². The summed E-state index contributed by atoms with van der Waals surface area (Å²) in [4.78, 5) is 15.5. The largest absolute Gasteiger partial charge is 0.409 e. The van der Waals surface area contributed by atoms with Crippen molar-refractivity contribution in [1.29, 1.82) is 0 Å². The molecule has 1 rings (SSSR count). The van der Waals surface area contributed by atoms with E-state index >= 15 is 0 Å². The molecule has 0 saturated heterocycles. The second-order valence-corrected chi connectivity index (χ2v) is 4.29. The monoisotopic (exact) mass is 242 g/mol. The van der Waals surface area contributed by atoms with Crippen LogP contribution in [0.15, 0.2) is 10.5 Å². The van der Waals surface area contributed by atoms with E-state index in [4.69, 9.17) is 10.9 Å². The van der Waals surface area contributed by atoms with Gasteiger partial charge in [-0.1, -0.05) is 5.16 Å². The molecule has 88 valence electrons. The van der Waals surface area contributed by atoms with Gasteiger partial charge in [-0.2, -0.15) is 0 Å². The summed E-state index contributed by atoms with van der Waals surface area (Å²) in [6.07, 6.45) is 0.596. The lowest BCUT2D eigenvalue weighted by atomic mass is 10.3. The minimum Gasteiger partial charge on any atom is -0.409 e. The molecule has 0 atom stereocenters. The molecule has 0 bridgehead atoms. The Bertz CT molecular complexity index is 389. The van der Waals surface area contributed by atoms with E-state index in [1.165, 1.54) is 0 Å². The number of carbonyl (C=O) groups is 1. The first-order valence-corrected chi connectivity index (χ1v) is 5.64. The highest BCUT2D eigenvalue weighted by Gasteiger charge is 2.04. The Morgan fingerprint density at radius 2 is 2.50 bits per heavy atom. The number of carbonyl (C=O) groups excluding carboxylic acids is 1. The number of hydrogen-bond donors (Lipinski definition) is 3. The van der Waals surface area contributed by atoms with E-state index in [0.29, 0.717) is 13.0 Å². The molecule has 1 amide bonds. The van der Waals surface area contributed by atoms with Gasteiger partial charge in [-0.15, -0.1) is 11.3 Å². The summed E-state index contributed by atoms with van der Waals surface area (Å²) >= 11 is 1.58. The minimum atomic E-state index is -0.262. The zero-order valence-corrected chi connectivity index (χ0v) is 9.75. The fraction of sp³-hybridized carbons (Fsp3) is 0.444. The molecular formula is C9H14N4O2S. The molecule has 0 saturated carbocycles. The van der Waals surface area contributed by atoms with Gasteiger partial charge >= 0.3 is 0 Å². The van der Waals surface area contributed by atoms with Crippen LogP contribution in [0, 0.1) is 6.92 Å². The van der Waals surface area contributed by atoms with E-state index in [0.717, 1.165) is 10.7 Å². The SMILES string of the molecule is Cc1nc(CCNC(=O)CC(N)=NO)cs1. The van der Waals surface area contributed by atoms with Crippen molar-refractivity contribution in [1.82, 2.24) is 10.3 Å². The van der Waals surface area contributed by atoms with Crippen molar-refractivity contribution in [2.45, 2.75) is 19.8 Å². The molecule has 0 aliphatic heterocycles. The zero-order valence-electron chi connectivity index (χ0n) is 8.93. The third kappa shape index (κ3) is 4.26. The Morgan fingerprint density at radius 1 is 1.75 bits per heavy atom. The van der Waals surface area contributed by atoms with Crippen LogP contribution in [0.2, 0.25) is 0 Å². The van der Waals surface area contributed by atoms with E-state index in [1.807, 2.05) is 12.3 Å². The van der Waals surface area contributed by atoms with Crippen molar-refractivity contribution in [3.05, 3.63) is 16.1 Å². The average Bonchev–Trinajstić information content (AvgIpc) is 2.64. The Kier molecular flexibility index (Phi) is 4.71. The van der Waals surface area contributed by atoms with E-state index in [-0.39, 0.29) is 18.2 Å². The molecule has 0 aliphatic carbocycles. The van der Waals surface area contributed by atoms with Crippen molar-refractivity contribution in [3.8, 4) is 0 Å². The quantitative estimate of drug-likeness (QED) is 0.298. The van der Waals surface area contributed by atoms with Gasteiger partial charge in [-0.05, 0) is 6.92 Å². The van der Waals surface area contributed by atoms with Gasteiger partial charge in [0.05, 0.1) is 17.1 Å². The normalized spacial score (nSPS) is 11.4. The number of amides is 1. The van der Waals surface area contributed by atoms with Gasteiger partial charge in [0.1, 0.15) is 5.84 Å². The lowest BCUT2D eigenvalue weighted by Gasteiger charge is -2.02. The molecule has 0 aromatic carbocycles. The fourth-order valence-corrected chi connectivity index (χ4v) is 1.76. The fourth-order valence-electron chi connectivity index (χ4n) is 1.12. The molecule has 0 aliphatic rings. The van der Waals surface area contributed by atoms with Gasteiger partial charge in [-0.3, -0.25) is 4.79 Å². The molecule has 7 heteroatoms. The maximum absolute atomic E-state index is 11.2. The van der Waals surface area contributed by atoms with Crippen LogP contribution in [-0.4, -0.2) is 28.5 Å². The lowest BCUT2D eigenvalue weighted by molar-refractivity contribution is -0.119. The van der Waals surface area contributed by atoms with Gasteiger partial charge in [0, 0.05) is 18.3 Å². The summed E-state index contributed by atoms with van der Waals surface area (Å²) in [7, 11) is 0. The maximum Gasteiger partial charge on any atom is 0.227 e. The molecule has 4 N–H and O–H groups in total. The van der Waals surface area contributed by atoms with Crippen LogP contribution in [0.3, 0.4) is 0 Å². The number of thiazole rings is 1. The van der Waals surface area contributed by atoms with Gasteiger partial charge in [0.2, 0.25) is 5.91 Å². The summed E-state index contributed by atoms with van der Waals surface area (Å²) in [5, 5.41) is 16.6. The first-order chi connectivity index (χ1) is 7.61. The van der Waals surface area contributed by atoms with Crippen LogP contribution in [0.1, 0.15) is 17.1 Å². The van der Waals surface area contributed by atoms with Gasteiger partial charge in [-0.25, -0.2) is 4.98 Å². The van der Waals surface area contributed by atoms with Gasteiger partial charge < -0.3 is 16.3 Å². The number of hydrogen-bond acceptors (Lipinski definition) is 5. The van der Waals surface area contributed by atoms with Crippen molar-refractivity contribution >= 4 is 23.1 Å². The second-order valence-electron chi connectivity index (χ2n) is 3.23.